The fourth-order valence-corrected chi connectivity index (χ4v) is 3.92. The van der Waals surface area contributed by atoms with Crippen LogP contribution in [0.1, 0.15) is 19.0 Å². The summed E-state index contributed by atoms with van der Waals surface area (Å²) in [6.07, 6.45) is 2.11. The summed E-state index contributed by atoms with van der Waals surface area (Å²) in [6, 6.07) is 14.8. The van der Waals surface area contributed by atoms with Gasteiger partial charge in [0.2, 0.25) is 0 Å². The molecule has 0 aliphatic rings. The number of benzene rings is 1. The first-order chi connectivity index (χ1) is 11.3. The van der Waals surface area contributed by atoms with Gasteiger partial charge in [-0.3, -0.25) is 0 Å². The largest absolute Gasteiger partial charge is 0.340 e. The highest BCUT2D eigenvalue weighted by molar-refractivity contribution is 7.17. The molecule has 0 bridgehead atoms. The van der Waals surface area contributed by atoms with Crippen molar-refractivity contribution in [3.63, 3.8) is 0 Å². The van der Waals surface area contributed by atoms with E-state index in [0.717, 1.165) is 30.1 Å². The van der Waals surface area contributed by atoms with E-state index in [1.807, 2.05) is 6.07 Å². The highest BCUT2D eigenvalue weighted by atomic mass is 32.1. The summed E-state index contributed by atoms with van der Waals surface area (Å²) in [5.74, 6) is 0.957. The van der Waals surface area contributed by atoms with Gasteiger partial charge in [-0.25, -0.2) is 4.98 Å². The Balaban J connectivity index is 1.86. The molecule has 0 radical (unpaired) electrons. The van der Waals surface area contributed by atoms with Crippen LogP contribution in [0, 0.1) is 0 Å². The molecule has 0 unspecified atom stereocenters. The monoisotopic (exact) mass is 321 g/mol. The second kappa shape index (κ2) is 5.70. The summed E-state index contributed by atoms with van der Waals surface area (Å²) in [7, 11) is 2.11. The van der Waals surface area contributed by atoms with Crippen LogP contribution in [0.5, 0.6) is 0 Å². The minimum absolute atomic E-state index is 0.957. The van der Waals surface area contributed by atoms with E-state index in [2.05, 4.69) is 65.3 Å². The Morgan fingerprint density at radius 1 is 1.17 bits per heavy atom. The normalized spacial score (nSPS) is 11.4. The number of nitrogens with one attached hydrogen (secondary N) is 1. The predicted octanol–water partition coefficient (Wildman–Crippen LogP) is 5.25. The Morgan fingerprint density at radius 3 is 2.74 bits per heavy atom. The van der Waals surface area contributed by atoms with Gasteiger partial charge in [-0.05, 0) is 23.9 Å². The number of hydrogen-bond acceptors (Lipinski definition) is 2. The number of aromatic amines is 1. The molecule has 3 heterocycles. The van der Waals surface area contributed by atoms with Crippen LogP contribution < -0.4 is 0 Å². The number of hydrogen-bond donors (Lipinski definition) is 1. The van der Waals surface area contributed by atoms with E-state index in [4.69, 9.17) is 4.98 Å². The molecule has 3 nitrogen and oxygen atoms in total. The molecule has 0 atom stereocenters. The minimum atomic E-state index is 0.957. The van der Waals surface area contributed by atoms with E-state index in [9.17, 15) is 0 Å². The zero-order chi connectivity index (χ0) is 15.8. The van der Waals surface area contributed by atoms with Crippen LogP contribution >= 0.6 is 11.3 Å². The quantitative estimate of drug-likeness (QED) is 0.547. The van der Waals surface area contributed by atoms with E-state index in [1.54, 1.807) is 11.3 Å². The van der Waals surface area contributed by atoms with Crippen LogP contribution in [0.15, 0.2) is 47.8 Å². The van der Waals surface area contributed by atoms with Gasteiger partial charge in [-0.1, -0.05) is 43.7 Å². The van der Waals surface area contributed by atoms with Crippen molar-refractivity contribution < 1.29 is 0 Å². The van der Waals surface area contributed by atoms with Crippen molar-refractivity contribution in [3.05, 3.63) is 53.5 Å². The zero-order valence-corrected chi connectivity index (χ0v) is 14.2. The molecule has 3 aromatic heterocycles. The summed E-state index contributed by atoms with van der Waals surface area (Å²) < 4.78 is 3.52. The fraction of sp³-hybridized carbons (Fsp3) is 0.211. The zero-order valence-electron chi connectivity index (χ0n) is 13.3. The SMILES string of the molecule is CCCc1[nH]c(-c2cc3sccc3n2C)nc1-c1ccccc1. The number of thiophene rings is 1. The Hall–Kier alpha value is -2.33. The number of aryl methyl sites for hydroxylation is 2. The lowest BCUT2D eigenvalue weighted by Gasteiger charge is -2.00. The molecule has 4 rings (SSSR count). The number of H-pyrrole nitrogens is 1. The molecule has 4 heteroatoms. The van der Waals surface area contributed by atoms with Crippen molar-refractivity contribution in [2.45, 2.75) is 19.8 Å². The molecule has 1 N–H and O–H groups in total. The van der Waals surface area contributed by atoms with Gasteiger partial charge in [0.05, 0.1) is 21.6 Å². The average molecular weight is 321 g/mol. The number of aromatic nitrogens is 3. The van der Waals surface area contributed by atoms with E-state index in [1.165, 1.54) is 21.5 Å². The van der Waals surface area contributed by atoms with Crippen molar-refractivity contribution in [1.82, 2.24) is 14.5 Å². The number of rotatable bonds is 4. The molecule has 116 valence electrons. The molecule has 23 heavy (non-hydrogen) atoms. The van der Waals surface area contributed by atoms with Gasteiger partial charge in [0.15, 0.2) is 5.82 Å². The Morgan fingerprint density at radius 2 is 2.00 bits per heavy atom. The number of fused-ring (bicyclic) bond motifs is 1. The predicted molar refractivity (Wildman–Crippen MR) is 97.8 cm³/mol. The first-order valence-corrected chi connectivity index (χ1v) is 8.83. The molecule has 0 amide bonds. The molecule has 0 saturated heterocycles. The first-order valence-electron chi connectivity index (χ1n) is 7.95. The van der Waals surface area contributed by atoms with Crippen LogP contribution in [0.2, 0.25) is 0 Å². The molecule has 0 aliphatic carbocycles. The molecular formula is C19H19N3S. The summed E-state index contributed by atoms with van der Waals surface area (Å²) >= 11 is 1.77. The van der Waals surface area contributed by atoms with E-state index < -0.39 is 0 Å². The topological polar surface area (TPSA) is 33.6 Å². The van der Waals surface area contributed by atoms with Crippen molar-refractivity contribution in [1.29, 1.82) is 0 Å². The summed E-state index contributed by atoms with van der Waals surface area (Å²) in [4.78, 5) is 8.49. The van der Waals surface area contributed by atoms with Crippen molar-refractivity contribution >= 4 is 21.6 Å². The second-order valence-electron chi connectivity index (χ2n) is 5.79. The van der Waals surface area contributed by atoms with Gasteiger partial charge in [0, 0.05) is 18.3 Å². The maximum Gasteiger partial charge on any atom is 0.155 e. The van der Waals surface area contributed by atoms with E-state index >= 15 is 0 Å². The Kier molecular flexibility index (Phi) is 3.54. The molecule has 0 saturated carbocycles. The Labute approximate surface area is 139 Å². The van der Waals surface area contributed by atoms with Crippen LogP contribution in [0.25, 0.3) is 33.0 Å². The van der Waals surface area contributed by atoms with Crippen LogP contribution in [-0.4, -0.2) is 14.5 Å². The smallest absolute Gasteiger partial charge is 0.155 e. The fourth-order valence-electron chi connectivity index (χ4n) is 3.07. The highest BCUT2D eigenvalue weighted by Gasteiger charge is 2.16. The van der Waals surface area contributed by atoms with Gasteiger partial charge >= 0.3 is 0 Å². The lowest BCUT2D eigenvalue weighted by Crippen LogP contribution is -1.92. The van der Waals surface area contributed by atoms with E-state index in [0.29, 0.717) is 0 Å². The van der Waals surface area contributed by atoms with Crippen molar-refractivity contribution in [3.8, 4) is 22.8 Å². The van der Waals surface area contributed by atoms with Crippen molar-refractivity contribution in [2.24, 2.45) is 7.05 Å². The van der Waals surface area contributed by atoms with Gasteiger partial charge in [-0.2, -0.15) is 0 Å². The maximum atomic E-state index is 4.93. The lowest BCUT2D eigenvalue weighted by molar-refractivity contribution is 0.892. The average Bonchev–Trinajstić information content (AvgIpc) is 3.25. The Bertz CT molecular complexity index is 944. The number of nitrogens with zero attached hydrogens (tertiary/aromatic N) is 2. The molecule has 1 aromatic carbocycles. The lowest BCUT2D eigenvalue weighted by atomic mass is 10.1. The highest BCUT2D eigenvalue weighted by Crippen LogP contribution is 2.32. The molecule has 0 spiro atoms. The molecular weight excluding hydrogens is 302 g/mol. The summed E-state index contributed by atoms with van der Waals surface area (Å²) in [5.41, 5.74) is 5.88. The molecule has 4 aromatic rings. The van der Waals surface area contributed by atoms with Crippen molar-refractivity contribution in [2.75, 3.05) is 0 Å². The van der Waals surface area contributed by atoms with Gasteiger partial charge in [0.1, 0.15) is 0 Å². The van der Waals surface area contributed by atoms with Gasteiger partial charge < -0.3 is 9.55 Å². The van der Waals surface area contributed by atoms with Crippen LogP contribution in [-0.2, 0) is 13.5 Å². The molecule has 0 aliphatic heterocycles. The summed E-state index contributed by atoms with van der Waals surface area (Å²) in [6.45, 7) is 2.20. The first kappa shape index (κ1) is 14.3. The van der Waals surface area contributed by atoms with Gasteiger partial charge in [-0.15, -0.1) is 11.3 Å². The maximum absolute atomic E-state index is 4.93. The summed E-state index contributed by atoms with van der Waals surface area (Å²) in [5, 5.41) is 2.13. The van der Waals surface area contributed by atoms with E-state index in [-0.39, 0.29) is 0 Å². The van der Waals surface area contributed by atoms with Crippen LogP contribution in [0.4, 0.5) is 0 Å². The minimum Gasteiger partial charge on any atom is -0.340 e. The number of imidazole rings is 1. The van der Waals surface area contributed by atoms with Gasteiger partial charge in [0.25, 0.3) is 0 Å². The third kappa shape index (κ3) is 2.39. The standard InChI is InChI=1S/C19H19N3S/c1-3-7-14-18(13-8-5-4-6-9-13)21-19(20-14)16-12-17-15(22(16)2)10-11-23-17/h4-6,8-12H,3,7H2,1-2H3,(H,20,21). The third-order valence-electron chi connectivity index (χ3n) is 4.23. The molecule has 0 fully saturated rings. The third-order valence-corrected chi connectivity index (χ3v) is 5.09. The second-order valence-corrected chi connectivity index (χ2v) is 6.73. The van der Waals surface area contributed by atoms with Crippen LogP contribution in [0.3, 0.4) is 0 Å².